The molecule has 2 aromatic carbocycles. The van der Waals surface area contributed by atoms with Gasteiger partial charge < -0.3 is 9.47 Å². The number of cyclic esters (lactones) is 1. The van der Waals surface area contributed by atoms with Crippen molar-refractivity contribution in [2.75, 3.05) is 0 Å². The lowest BCUT2D eigenvalue weighted by molar-refractivity contribution is -0.156. The lowest BCUT2D eigenvalue weighted by atomic mass is 9.86. The summed E-state index contributed by atoms with van der Waals surface area (Å²) in [4.78, 5) is 12.9. The van der Waals surface area contributed by atoms with Crippen LogP contribution in [0.15, 0.2) is 46.9 Å². The van der Waals surface area contributed by atoms with E-state index in [9.17, 15) is 13.6 Å². The minimum atomic E-state index is -1.50. The molecule has 2 aromatic rings. The van der Waals surface area contributed by atoms with Crippen molar-refractivity contribution in [3.8, 4) is 0 Å². The molecule has 6 heteroatoms. The highest BCUT2D eigenvalue weighted by Crippen LogP contribution is 2.44. The molecule has 1 fully saturated rings. The van der Waals surface area contributed by atoms with E-state index in [0.29, 0.717) is 5.56 Å². The van der Waals surface area contributed by atoms with E-state index < -0.39 is 34.9 Å². The fraction of sp³-hybridized carbons (Fsp3) is 0.350. The second-order valence-corrected chi connectivity index (χ2v) is 8.29. The number of carbonyl (C=O) groups excluding carboxylic acids is 1. The van der Waals surface area contributed by atoms with Gasteiger partial charge in [0.25, 0.3) is 0 Å². The lowest BCUT2D eigenvalue weighted by Gasteiger charge is -2.29. The molecule has 3 rings (SSSR count). The Balaban J connectivity index is 2.11. The Morgan fingerprint density at radius 2 is 1.81 bits per heavy atom. The average Bonchev–Trinajstić information content (AvgIpc) is 2.90. The minimum absolute atomic E-state index is 0.116. The number of hydrogen-bond acceptors (Lipinski definition) is 3. The molecule has 0 aromatic heterocycles. The second-order valence-electron chi connectivity index (χ2n) is 7.44. The van der Waals surface area contributed by atoms with Gasteiger partial charge in [-0.25, -0.2) is 13.6 Å². The highest BCUT2D eigenvalue weighted by Gasteiger charge is 2.55. The van der Waals surface area contributed by atoms with Crippen LogP contribution in [-0.4, -0.2) is 12.3 Å². The van der Waals surface area contributed by atoms with E-state index in [2.05, 4.69) is 15.9 Å². The van der Waals surface area contributed by atoms with Crippen molar-refractivity contribution in [3.05, 3.63) is 69.7 Å². The summed E-state index contributed by atoms with van der Waals surface area (Å²) < 4.78 is 39.7. The molecule has 26 heavy (non-hydrogen) atoms. The summed E-state index contributed by atoms with van der Waals surface area (Å²) in [5, 5.41) is 0. The Morgan fingerprint density at radius 3 is 2.35 bits per heavy atom. The fourth-order valence-electron chi connectivity index (χ4n) is 2.90. The number of esters is 1. The highest BCUT2D eigenvalue weighted by molar-refractivity contribution is 9.10. The summed E-state index contributed by atoms with van der Waals surface area (Å²) in [6, 6.07) is 10.8. The van der Waals surface area contributed by atoms with E-state index in [1.807, 2.05) is 26.8 Å². The van der Waals surface area contributed by atoms with Crippen LogP contribution in [0.5, 0.6) is 0 Å². The van der Waals surface area contributed by atoms with Crippen molar-refractivity contribution in [1.82, 2.24) is 0 Å². The summed E-state index contributed by atoms with van der Waals surface area (Å²) in [6.45, 7) is 5.67. The largest absolute Gasteiger partial charge is 0.433 e. The van der Waals surface area contributed by atoms with Crippen LogP contribution in [0.1, 0.15) is 31.9 Å². The summed E-state index contributed by atoms with van der Waals surface area (Å²) in [5.74, 6) is -2.03. The first kappa shape index (κ1) is 19.0. The zero-order valence-corrected chi connectivity index (χ0v) is 16.3. The molecule has 0 amide bonds. The van der Waals surface area contributed by atoms with E-state index in [0.717, 1.165) is 6.07 Å². The number of benzene rings is 2. The lowest BCUT2D eigenvalue weighted by Crippen LogP contribution is -2.37. The SMILES string of the molecule is CC(C)(C)[C@@H]1OC(=O)[C@](Cc2c(F)cc(F)cc2Br)(c2ccccc2)O1. The van der Waals surface area contributed by atoms with Crippen molar-refractivity contribution >= 4 is 21.9 Å². The van der Waals surface area contributed by atoms with E-state index in [4.69, 9.17) is 9.47 Å². The molecule has 0 unspecified atom stereocenters. The molecular formula is C20H19BrF2O3. The van der Waals surface area contributed by atoms with Crippen LogP contribution in [0.3, 0.4) is 0 Å². The molecule has 3 nitrogen and oxygen atoms in total. The molecule has 1 aliphatic rings. The van der Waals surface area contributed by atoms with Crippen molar-refractivity contribution in [3.63, 3.8) is 0 Å². The molecule has 0 radical (unpaired) electrons. The fourth-order valence-corrected chi connectivity index (χ4v) is 3.45. The molecule has 138 valence electrons. The monoisotopic (exact) mass is 424 g/mol. The molecule has 1 saturated heterocycles. The van der Waals surface area contributed by atoms with Gasteiger partial charge in [0.1, 0.15) is 11.6 Å². The number of carbonyl (C=O) groups is 1. The van der Waals surface area contributed by atoms with E-state index in [1.165, 1.54) is 6.07 Å². The number of halogens is 3. The molecule has 0 spiro atoms. The van der Waals surface area contributed by atoms with Gasteiger partial charge in [-0.15, -0.1) is 0 Å². The predicted molar refractivity (Wildman–Crippen MR) is 96.3 cm³/mol. The van der Waals surface area contributed by atoms with Crippen LogP contribution < -0.4 is 0 Å². The average molecular weight is 425 g/mol. The maximum absolute atomic E-state index is 14.4. The summed E-state index contributed by atoms with van der Waals surface area (Å²) in [6.07, 6.45) is -0.896. The summed E-state index contributed by atoms with van der Waals surface area (Å²) in [5.41, 5.74) is -1.24. The van der Waals surface area contributed by atoms with Gasteiger partial charge in [0.15, 0.2) is 5.60 Å². The van der Waals surface area contributed by atoms with Gasteiger partial charge in [-0.1, -0.05) is 67.0 Å². The first-order valence-electron chi connectivity index (χ1n) is 8.21. The molecule has 0 N–H and O–H groups in total. The minimum Gasteiger partial charge on any atom is -0.433 e. The molecule has 0 saturated carbocycles. The standard InChI is InChI=1S/C20H19BrF2O3/c1-19(2,3)18-25-17(24)20(26-18,12-7-5-4-6-8-12)11-14-15(21)9-13(22)10-16(14)23/h4-10,18H,11H2,1-3H3/t18-,20+/m1/s1. The smallest absolute Gasteiger partial charge is 0.345 e. The zero-order chi connectivity index (χ0) is 19.1. The van der Waals surface area contributed by atoms with Crippen LogP contribution in [0.4, 0.5) is 8.78 Å². The van der Waals surface area contributed by atoms with Crippen molar-refractivity contribution in [1.29, 1.82) is 0 Å². The maximum Gasteiger partial charge on any atom is 0.345 e. The van der Waals surface area contributed by atoms with Gasteiger partial charge in [-0.2, -0.15) is 0 Å². The molecule has 0 bridgehead atoms. The van der Waals surface area contributed by atoms with Crippen LogP contribution in [0.25, 0.3) is 0 Å². The summed E-state index contributed by atoms with van der Waals surface area (Å²) >= 11 is 3.19. The number of rotatable bonds is 3. The maximum atomic E-state index is 14.4. The Morgan fingerprint density at radius 1 is 1.15 bits per heavy atom. The van der Waals surface area contributed by atoms with Crippen molar-refractivity contribution in [2.24, 2.45) is 5.41 Å². The van der Waals surface area contributed by atoms with Crippen molar-refractivity contribution in [2.45, 2.75) is 39.1 Å². The van der Waals surface area contributed by atoms with Gasteiger partial charge in [0, 0.05) is 27.9 Å². The highest BCUT2D eigenvalue weighted by atomic mass is 79.9. The predicted octanol–water partition coefficient (Wildman–Crippen LogP) is 5.11. The third kappa shape index (κ3) is 3.40. The molecule has 0 aliphatic carbocycles. The zero-order valence-electron chi connectivity index (χ0n) is 14.7. The first-order valence-corrected chi connectivity index (χ1v) is 9.00. The quantitative estimate of drug-likeness (QED) is 0.642. The number of ether oxygens (including phenoxy) is 2. The van der Waals surface area contributed by atoms with Crippen LogP contribution >= 0.6 is 15.9 Å². The first-order chi connectivity index (χ1) is 12.1. The van der Waals surface area contributed by atoms with Gasteiger partial charge in [-0.05, 0) is 11.6 Å². The van der Waals surface area contributed by atoms with Gasteiger partial charge in [-0.3, -0.25) is 0 Å². The van der Waals surface area contributed by atoms with E-state index in [1.54, 1.807) is 24.3 Å². The summed E-state index contributed by atoms with van der Waals surface area (Å²) in [7, 11) is 0. The Hall–Kier alpha value is -1.79. The van der Waals surface area contributed by atoms with Crippen LogP contribution in [0.2, 0.25) is 0 Å². The van der Waals surface area contributed by atoms with Crippen LogP contribution in [0, 0.1) is 17.0 Å². The van der Waals surface area contributed by atoms with Gasteiger partial charge in [0.05, 0.1) is 0 Å². The third-order valence-corrected chi connectivity index (χ3v) is 5.04. The molecule has 1 heterocycles. The number of hydrogen-bond donors (Lipinski definition) is 0. The van der Waals surface area contributed by atoms with Gasteiger partial charge >= 0.3 is 5.97 Å². The topological polar surface area (TPSA) is 35.5 Å². The second kappa shape index (κ2) is 6.74. The Labute approximate surface area is 159 Å². The normalized spacial score (nSPS) is 23.2. The van der Waals surface area contributed by atoms with Crippen molar-refractivity contribution < 1.29 is 23.0 Å². The molecule has 2 atom stereocenters. The van der Waals surface area contributed by atoms with Crippen LogP contribution in [-0.2, 0) is 26.3 Å². The molecular weight excluding hydrogens is 406 g/mol. The molecule has 1 aliphatic heterocycles. The Bertz CT molecular complexity index is 810. The van der Waals surface area contributed by atoms with E-state index >= 15 is 0 Å². The van der Waals surface area contributed by atoms with E-state index in [-0.39, 0.29) is 16.5 Å². The van der Waals surface area contributed by atoms with Gasteiger partial charge in [0.2, 0.25) is 6.29 Å². The Kier molecular flexibility index (Phi) is 4.92. The third-order valence-electron chi connectivity index (χ3n) is 4.33.